The minimum atomic E-state index is -4.35. The number of hydrogen-bond donors (Lipinski definition) is 3. The van der Waals surface area contributed by atoms with Gasteiger partial charge in [-0.1, -0.05) is 36.7 Å². The highest BCUT2D eigenvalue weighted by Gasteiger charge is 2.24. The van der Waals surface area contributed by atoms with Crippen molar-refractivity contribution >= 4 is 21.9 Å². The minimum absolute atomic E-state index is 0.312. The van der Waals surface area contributed by atoms with E-state index in [2.05, 4.69) is 0 Å². The Balaban J connectivity index is 2.94. The molecule has 0 aromatic heterocycles. The van der Waals surface area contributed by atoms with Crippen molar-refractivity contribution in [2.45, 2.75) is 25.5 Å². The number of rotatable bonds is 5. The third kappa shape index (κ3) is 4.25. The number of aliphatic hydroxyl groups excluding tert-OH is 1. The van der Waals surface area contributed by atoms with Crippen molar-refractivity contribution in [3.63, 3.8) is 0 Å². The van der Waals surface area contributed by atoms with Gasteiger partial charge in [-0.3, -0.25) is 4.55 Å². The smallest absolute Gasteiger partial charge is 0.333 e. The van der Waals surface area contributed by atoms with E-state index in [0.717, 1.165) is 0 Å². The fourth-order valence-corrected chi connectivity index (χ4v) is 2.42. The standard InChI is InChI=1S/C10H14ClNO4S/c1-2-9(12-17(14,15)16)10(13)7-5-3-4-6-8(7)11/h3-6,9-10,12-13H,2H2,1H3,(H,14,15,16)/t9-,10-/m0/s1. The van der Waals surface area contributed by atoms with Crippen LogP contribution >= 0.6 is 11.6 Å². The molecule has 0 bridgehead atoms. The highest BCUT2D eigenvalue weighted by molar-refractivity contribution is 7.83. The molecule has 96 valence electrons. The van der Waals surface area contributed by atoms with Crippen molar-refractivity contribution in [1.29, 1.82) is 0 Å². The van der Waals surface area contributed by atoms with Crippen LogP contribution in [0.25, 0.3) is 0 Å². The maximum absolute atomic E-state index is 10.7. The number of hydrogen-bond acceptors (Lipinski definition) is 3. The summed E-state index contributed by atoms with van der Waals surface area (Å²) in [6.07, 6.45) is -0.803. The molecule has 7 heteroatoms. The van der Waals surface area contributed by atoms with Crippen LogP contribution in [0.2, 0.25) is 5.02 Å². The molecule has 0 amide bonds. The van der Waals surface area contributed by atoms with Gasteiger partial charge in [0.2, 0.25) is 0 Å². The minimum Gasteiger partial charge on any atom is -0.387 e. The third-order valence-corrected chi connectivity index (χ3v) is 3.29. The van der Waals surface area contributed by atoms with Crippen LogP contribution in [0.15, 0.2) is 24.3 Å². The average molecular weight is 280 g/mol. The first kappa shape index (κ1) is 14.4. The molecule has 0 aliphatic carbocycles. The lowest BCUT2D eigenvalue weighted by Crippen LogP contribution is -2.38. The molecule has 0 saturated heterocycles. The highest BCUT2D eigenvalue weighted by atomic mass is 35.5. The number of halogens is 1. The predicted octanol–water partition coefficient (Wildman–Crippen LogP) is 1.54. The average Bonchev–Trinajstić information content (AvgIpc) is 2.24. The van der Waals surface area contributed by atoms with E-state index in [-0.39, 0.29) is 0 Å². The molecule has 0 spiro atoms. The van der Waals surface area contributed by atoms with E-state index in [0.29, 0.717) is 17.0 Å². The van der Waals surface area contributed by atoms with Gasteiger partial charge in [0.1, 0.15) is 0 Å². The van der Waals surface area contributed by atoms with E-state index in [1.54, 1.807) is 31.2 Å². The second-order valence-corrected chi connectivity index (χ2v) is 5.17. The molecule has 1 rings (SSSR count). The van der Waals surface area contributed by atoms with Crippen molar-refractivity contribution < 1.29 is 18.1 Å². The molecule has 0 radical (unpaired) electrons. The van der Waals surface area contributed by atoms with Crippen molar-refractivity contribution in [3.8, 4) is 0 Å². The summed E-state index contributed by atoms with van der Waals surface area (Å²) in [5.74, 6) is 0. The topological polar surface area (TPSA) is 86.6 Å². The SMILES string of the molecule is CC[C@H](NS(=O)(=O)O)[C@@H](O)c1ccccc1Cl. The Morgan fingerprint density at radius 3 is 2.47 bits per heavy atom. The van der Waals surface area contributed by atoms with Gasteiger partial charge in [-0.25, -0.2) is 0 Å². The van der Waals surface area contributed by atoms with Gasteiger partial charge in [-0.05, 0) is 12.5 Å². The lowest BCUT2D eigenvalue weighted by atomic mass is 10.0. The van der Waals surface area contributed by atoms with E-state index in [4.69, 9.17) is 16.2 Å². The van der Waals surface area contributed by atoms with Crippen LogP contribution in [0.4, 0.5) is 0 Å². The normalized spacial score (nSPS) is 15.5. The van der Waals surface area contributed by atoms with E-state index in [1.165, 1.54) is 0 Å². The van der Waals surface area contributed by atoms with Crippen LogP contribution < -0.4 is 4.72 Å². The Morgan fingerprint density at radius 1 is 1.41 bits per heavy atom. The summed E-state index contributed by atoms with van der Waals surface area (Å²) in [6.45, 7) is 1.68. The molecule has 0 heterocycles. The van der Waals surface area contributed by atoms with Gasteiger partial charge in [0, 0.05) is 10.6 Å². The fraction of sp³-hybridized carbons (Fsp3) is 0.400. The quantitative estimate of drug-likeness (QED) is 0.714. The second-order valence-electron chi connectivity index (χ2n) is 3.57. The first-order valence-corrected chi connectivity index (χ1v) is 6.84. The highest BCUT2D eigenvalue weighted by Crippen LogP contribution is 2.26. The zero-order valence-corrected chi connectivity index (χ0v) is 10.7. The molecule has 0 fully saturated rings. The van der Waals surface area contributed by atoms with Crippen molar-refractivity contribution in [1.82, 2.24) is 4.72 Å². The number of benzene rings is 1. The maximum Gasteiger partial charge on any atom is 0.333 e. The Kier molecular flexibility index (Phi) is 4.91. The Hall–Kier alpha value is -0.660. The molecule has 1 aromatic carbocycles. The molecular formula is C10H14ClNO4S. The lowest BCUT2D eigenvalue weighted by molar-refractivity contribution is 0.135. The summed E-state index contributed by atoms with van der Waals surface area (Å²) >= 11 is 5.89. The molecule has 1 aromatic rings. The zero-order valence-electron chi connectivity index (χ0n) is 9.17. The monoisotopic (exact) mass is 279 g/mol. The number of aliphatic hydroxyl groups is 1. The zero-order chi connectivity index (χ0) is 13.1. The maximum atomic E-state index is 10.7. The first-order valence-electron chi connectivity index (χ1n) is 5.02. The molecule has 3 N–H and O–H groups in total. The second kappa shape index (κ2) is 5.79. The van der Waals surface area contributed by atoms with E-state index in [1.807, 2.05) is 4.72 Å². The van der Waals surface area contributed by atoms with Gasteiger partial charge in [0.25, 0.3) is 0 Å². The van der Waals surface area contributed by atoms with Crippen LogP contribution in [-0.2, 0) is 10.3 Å². The van der Waals surface area contributed by atoms with Gasteiger partial charge < -0.3 is 5.11 Å². The van der Waals surface area contributed by atoms with Crippen LogP contribution in [-0.4, -0.2) is 24.1 Å². The van der Waals surface area contributed by atoms with Gasteiger partial charge >= 0.3 is 10.3 Å². The summed E-state index contributed by atoms with van der Waals surface area (Å²) < 4.78 is 32.1. The molecule has 0 saturated carbocycles. The summed E-state index contributed by atoms with van der Waals surface area (Å²) in [7, 11) is -4.35. The third-order valence-electron chi connectivity index (χ3n) is 2.35. The van der Waals surface area contributed by atoms with Crippen molar-refractivity contribution in [2.24, 2.45) is 0 Å². The summed E-state index contributed by atoms with van der Waals surface area (Å²) in [4.78, 5) is 0. The summed E-state index contributed by atoms with van der Waals surface area (Å²) in [6, 6.07) is 5.76. The predicted molar refractivity (Wildman–Crippen MR) is 65.2 cm³/mol. The molecule has 0 unspecified atom stereocenters. The molecule has 17 heavy (non-hydrogen) atoms. The van der Waals surface area contributed by atoms with E-state index < -0.39 is 22.4 Å². The van der Waals surface area contributed by atoms with Gasteiger partial charge in [-0.2, -0.15) is 13.1 Å². The Bertz CT molecular complexity index is 477. The lowest BCUT2D eigenvalue weighted by Gasteiger charge is -2.22. The van der Waals surface area contributed by atoms with Gasteiger partial charge in [0.15, 0.2) is 0 Å². The van der Waals surface area contributed by atoms with Crippen LogP contribution in [0.1, 0.15) is 25.0 Å². The fourth-order valence-electron chi connectivity index (χ4n) is 1.49. The molecular weight excluding hydrogens is 266 g/mol. The van der Waals surface area contributed by atoms with Crippen molar-refractivity contribution in [3.05, 3.63) is 34.9 Å². The number of nitrogens with one attached hydrogen (secondary N) is 1. The summed E-state index contributed by atoms with van der Waals surface area (Å²) in [5, 5.41) is 10.3. The van der Waals surface area contributed by atoms with Crippen LogP contribution in [0.5, 0.6) is 0 Å². The van der Waals surface area contributed by atoms with Crippen LogP contribution in [0, 0.1) is 0 Å². The van der Waals surface area contributed by atoms with Crippen molar-refractivity contribution in [2.75, 3.05) is 0 Å². The summed E-state index contributed by atoms with van der Waals surface area (Å²) in [5.41, 5.74) is 0.414. The van der Waals surface area contributed by atoms with E-state index >= 15 is 0 Å². The Labute approximate surface area is 105 Å². The molecule has 0 aliphatic heterocycles. The first-order chi connectivity index (χ1) is 7.85. The van der Waals surface area contributed by atoms with E-state index in [9.17, 15) is 13.5 Å². The van der Waals surface area contributed by atoms with Crippen LogP contribution in [0.3, 0.4) is 0 Å². The van der Waals surface area contributed by atoms with Gasteiger partial charge in [-0.15, -0.1) is 0 Å². The Morgan fingerprint density at radius 2 is 2.00 bits per heavy atom. The molecule has 0 aliphatic rings. The molecule has 5 nitrogen and oxygen atoms in total. The largest absolute Gasteiger partial charge is 0.387 e. The molecule has 2 atom stereocenters. The van der Waals surface area contributed by atoms with Gasteiger partial charge in [0.05, 0.1) is 12.1 Å².